The van der Waals surface area contributed by atoms with Gasteiger partial charge in [0.15, 0.2) is 0 Å². The van der Waals surface area contributed by atoms with E-state index in [2.05, 4.69) is 9.47 Å². The molecule has 0 aliphatic rings. The molecule has 0 aliphatic heterocycles. The largest absolute Gasteiger partial charge is 0.478 e. The molecule has 0 saturated heterocycles. The summed E-state index contributed by atoms with van der Waals surface area (Å²) in [6.45, 7) is 4.00. The van der Waals surface area contributed by atoms with Gasteiger partial charge in [-0.05, 0) is 53.2 Å². The predicted molar refractivity (Wildman–Crippen MR) is 118 cm³/mol. The molecule has 0 atom stereocenters. The van der Waals surface area contributed by atoms with Gasteiger partial charge in [-0.25, -0.2) is 19.2 Å². The summed E-state index contributed by atoms with van der Waals surface area (Å²) in [6, 6.07) is 15.5. The van der Waals surface area contributed by atoms with Gasteiger partial charge in [-0.3, -0.25) is 0 Å². The number of aromatic carboxylic acids is 2. The lowest BCUT2D eigenvalue weighted by atomic mass is 10.0. The minimum Gasteiger partial charge on any atom is -0.478 e. The van der Waals surface area contributed by atoms with Gasteiger partial charge in [-0.2, -0.15) is 0 Å². The van der Waals surface area contributed by atoms with Gasteiger partial charge in [-0.1, -0.05) is 32.0 Å². The van der Waals surface area contributed by atoms with Crippen LogP contribution in [0.25, 0.3) is 10.8 Å². The molecule has 0 spiro atoms. The van der Waals surface area contributed by atoms with E-state index in [1.165, 1.54) is 50.6 Å². The molecule has 8 heteroatoms. The summed E-state index contributed by atoms with van der Waals surface area (Å²) in [5.41, 5.74) is 0.910. The van der Waals surface area contributed by atoms with Crippen molar-refractivity contribution in [1.29, 1.82) is 0 Å². The average Bonchev–Trinajstić information content (AvgIpc) is 2.83. The normalized spacial score (nSPS) is 9.38. The molecule has 0 heterocycles. The maximum atomic E-state index is 11.3. The molecule has 0 saturated carbocycles. The SMILES string of the molecule is CC.COC(=O)c1ccc2ccc(C(=O)O)cc2c1.COC(=O)c1cccc(C(=O)O)c1. The number of carboxylic acid groups (broad SMARTS) is 2. The molecule has 168 valence electrons. The molecule has 3 rings (SSSR count). The van der Waals surface area contributed by atoms with Crippen LogP contribution in [-0.2, 0) is 9.47 Å². The van der Waals surface area contributed by atoms with Crippen molar-refractivity contribution < 1.29 is 38.9 Å². The highest BCUT2D eigenvalue weighted by Gasteiger charge is 2.09. The molecule has 2 N–H and O–H groups in total. The Morgan fingerprint density at radius 1 is 0.594 bits per heavy atom. The number of rotatable bonds is 4. The van der Waals surface area contributed by atoms with Crippen molar-refractivity contribution in [3.05, 3.63) is 82.9 Å². The third-order valence-electron chi connectivity index (χ3n) is 4.04. The zero-order valence-electron chi connectivity index (χ0n) is 18.1. The second-order valence-electron chi connectivity index (χ2n) is 5.95. The van der Waals surface area contributed by atoms with E-state index in [9.17, 15) is 19.2 Å². The number of carbonyl (C=O) groups is 4. The maximum Gasteiger partial charge on any atom is 0.337 e. The van der Waals surface area contributed by atoms with E-state index in [4.69, 9.17) is 10.2 Å². The van der Waals surface area contributed by atoms with Crippen LogP contribution in [-0.4, -0.2) is 48.3 Å². The second-order valence-corrected chi connectivity index (χ2v) is 5.95. The molecular formula is C24H24O8. The molecule has 0 amide bonds. The number of benzene rings is 3. The highest BCUT2D eigenvalue weighted by molar-refractivity contribution is 5.98. The van der Waals surface area contributed by atoms with Crippen molar-refractivity contribution >= 4 is 34.6 Å². The van der Waals surface area contributed by atoms with Gasteiger partial charge in [0.25, 0.3) is 0 Å². The fourth-order valence-corrected chi connectivity index (χ4v) is 2.52. The summed E-state index contributed by atoms with van der Waals surface area (Å²) >= 11 is 0. The van der Waals surface area contributed by atoms with Gasteiger partial charge >= 0.3 is 23.9 Å². The van der Waals surface area contributed by atoms with Crippen LogP contribution < -0.4 is 0 Å². The Morgan fingerprint density at radius 2 is 1.00 bits per heavy atom. The van der Waals surface area contributed by atoms with E-state index in [0.717, 1.165) is 5.39 Å². The number of carboxylic acids is 2. The zero-order chi connectivity index (χ0) is 24.3. The highest BCUT2D eigenvalue weighted by Crippen LogP contribution is 2.18. The summed E-state index contributed by atoms with van der Waals surface area (Å²) in [5, 5.41) is 19.1. The van der Waals surface area contributed by atoms with E-state index in [0.29, 0.717) is 10.9 Å². The first kappa shape index (κ1) is 25.8. The summed E-state index contributed by atoms with van der Waals surface area (Å²) in [7, 11) is 2.55. The average molecular weight is 440 g/mol. The Hall–Kier alpha value is -4.20. The van der Waals surface area contributed by atoms with Crippen molar-refractivity contribution in [1.82, 2.24) is 0 Å². The Bertz CT molecular complexity index is 1120. The molecule has 0 aliphatic carbocycles. The molecule has 8 nitrogen and oxygen atoms in total. The first-order chi connectivity index (χ1) is 15.3. The topological polar surface area (TPSA) is 127 Å². The summed E-state index contributed by atoms with van der Waals surface area (Å²) in [4.78, 5) is 43.7. The Labute approximate surface area is 185 Å². The van der Waals surface area contributed by atoms with Gasteiger partial charge < -0.3 is 19.7 Å². The van der Waals surface area contributed by atoms with E-state index in [-0.39, 0.29) is 16.7 Å². The van der Waals surface area contributed by atoms with E-state index in [1.807, 2.05) is 13.8 Å². The predicted octanol–water partition coefficient (Wildman–Crippen LogP) is 4.52. The van der Waals surface area contributed by atoms with E-state index in [1.54, 1.807) is 24.3 Å². The van der Waals surface area contributed by atoms with Crippen LogP contribution in [0.4, 0.5) is 0 Å². The van der Waals surface area contributed by atoms with Crippen LogP contribution in [0.3, 0.4) is 0 Å². The number of ether oxygens (including phenoxy) is 2. The van der Waals surface area contributed by atoms with Gasteiger partial charge in [-0.15, -0.1) is 0 Å². The van der Waals surface area contributed by atoms with Gasteiger partial charge in [0.1, 0.15) is 0 Å². The van der Waals surface area contributed by atoms with Crippen molar-refractivity contribution in [3.63, 3.8) is 0 Å². The van der Waals surface area contributed by atoms with Crippen LogP contribution in [0.5, 0.6) is 0 Å². The fourth-order valence-electron chi connectivity index (χ4n) is 2.52. The molecule has 3 aromatic carbocycles. The van der Waals surface area contributed by atoms with Crippen molar-refractivity contribution in [3.8, 4) is 0 Å². The molecule has 32 heavy (non-hydrogen) atoms. The van der Waals surface area contributed by atoms with E-state index < -0.39 is 23.9 Å². The molecule has 0 unspecified atom stereocenters. The number of fused-ring (bicyclic) bond motifs is 1. The molecule has 0 fully saturated rings. The fraction of sp³-hybridized carbons (Fsp3) is 0.167. The zero-order valence-corrected chi connectivity index (χ0v) is 18.1. The molecule has 0 radical (unpaired) electrons. The Balaban J connectivity index is 0.000000307. The minimum absolute atomic E-state index is 0.0721. The Kier molecular flexibility index (Phi) is 10.1. The third kappa shape index (κ3) is 6.94. The highest BCUT2D eigenvalue weighted by atomic mass is 16.5. The monoisotopic (exact) mass is 440 g/mol. The lowest BCUT2D eigenvalue weighted by Gasteiger charge is -2.03. The van der Waals surface area contributed by atoms with Crippen molar-refractivity contribution in [2.45, 2.75) is 13.8 Å². The smallest absolute Gasteiger partial charge is 0.337 e. The Morgan fingerprint density at radius 3 is 1.50 bits per heavy atom. The van der Waals surface area contributed by atoms with Crippen LogP contribution in [0.1, 0.15) is 55.3 Å². The quantitative estimate of drug-likeness (QED) is 0.567. The number of hydrogen-bond donors (Lipinski definition) is 2. The van der Waals surface area contributed by atoms with Crippen molar-refractivity contribution in [2.75, 3.05) is 14.2 Å². The van der Waals surface area contributed by atoms with Gasteiger partial charge in [0.05, 0.1) is 36.5 Å². The molecule has 0 bridgehead atoms. The molecular weight excluding hydrogens is 416 g/mol. The lowest BCUT2D eigenvalue weighted by molar-refractivity contribution is 0.0591. The summed E-state index contributed by atoms with van der Waals surface area (Å²) in [5.74, 6) is -3.03. The first-order valence-corrected chi connectivity index (χ1v) is 9.54. The van der Waals surface area contributed by atoms with Crippen LogP contribution in [0.2, 0.25) is 0 Å². The number of esters is 2. The number of carbonyl (C=O) groups excluding carboxylic acids is 2. The van der Waals surface area contributed by atoms with Crippen molar-refractivity contribution in [2.24, 2.45) is 0 Å². The summed E-state index contributed by atoms with van der Waals surface area (Å²) in [6.07, 6.45) is 0. The number of hydrogen-bond acceptors (Lipinski definition) is 6. The minimum atomic E-state index is -1.06. The lowest BCUT2D eigenvalue weighted by Crippen LogP contribution is -2.03. The van der Waals surface area contributed by atoms with E-state index >= 15 is 0 Å². The third-order valence-corrected chi connectivity index (χ3v) is 4.04. The first-order valence-electron chi connectivity index (χ1n) is 9.54. The standard InChI is InChI=1S/C13H10O4.C9H8O4.C2H6/c1-17-13(16)10-5-3-8-2-4-9(12(14)15)6-11(8)7-10;1-13-9(12)7-4-2-3-6(5-7)8(10)11;1-2/h2-7H,1H3,(H,14,15);2-5H,1H3,(H,10,11);1-2H3. The van der Waals surface area contributed by atoms with Crippen LogP contribution in [0.15, 0.2) is 60.7 Å². The van der Waals surface area contributed by atoms with Gasteiger partial charge in [0.2, 0.25) is 0 Å². The number of methoxy groups -OCH3 is 2. The second kappa shape index (κ2) is 12.5. The molecule has 0 aromatic heterocycles. The van der Waals surface area contributed by atoms with Crippen LogP contribution >= 0.6 is 0 Å². The maximum absolute atomic E-state index is 11.3. The molecule has 3 aromatic rings. The van der Waals surface area contributed by atoms with Gasteiger partial charge in [0, 0.05) is 0 Å². The van der Waals surface area contributed by atoms with Crippen LogP contribution in [0, 0.1) is 0 Å². The summed E-state index contributed by atoms with van der Waals surface area (Å²) < 4.78 is 9.05.